The first-order valence-corrected chi connectivity index (χ1v) is 3.34. The topological polar surface area (TPSA) is 92.6 Å². The van der Waals surface area contributed by atoms with Crippen LogP contribution in [0.15, 0.2) is 0 Å². The van der Waals surface area contributed by atoms with Crippen LogP contribution in [0.5, 0.6) is 0 Å². The van der Waals surface area contributed by atoms with Crippen molar-refractivity contribution in [3.05, 3.63) is 0 Å². The van der Waals surface area contributed by atoms with Crippen molar-refractivity contribution in [1.82, 2.24) is 4.90 Å². The number of nitrogens with zero attached hydrogens (tertiary/aromatic N) is 1. The first-order valence-electron chi connectivity index (χ1n) is 3.34. The fourth-order valence-corrected chi connectivity index (χ4v) is 0.408. The molecule has 1 amide bonds. The van der Waals surface area contributed by atoms with Gasteiger partial charge in [0.1, 0.15) is 0 Å². The Balaban J connectivity index is 0. The van der Waals surface area contributed by atoms with Crippen molar-refractivity contribution >= 4 is 6.09 Å². The Labute approximate surface area is 67.0 Å². The average Bonchev–Trinajstić information content (AvgIpc) is 1.82. The Kier molecular flexibility index (Phi) is 10.7. The fraction of sp³-hybridized carbons (Fsp3) is 0.833. The van der Waals surface area contributed by atoms with Crippen LogP contribution >= 0.6 is 0 Å². The largest absolute Gasteiger partial charge is 0.465 e. The van der Waals surface area contributed by atoms with Gasteiger partial charge in [-0.05, 0) is 33.6 Å². The van der Waals surface area contributed by atoms with E-state index in [0.717, 1.165) is 19.5 Å². The SMILES string of the molecule is CN(C)CCCN.NC(=O)O. The molecule has 0 aromatic heterocycles. The van der Waals surface area contributed by atoms with E-state index in [4.69, 9.17) is 15.6 Å². The third-order valence-corrected chi connectivity index (χ3v) is 0.809. The molecule has 0 aromatic rings. The minimum Gasteiger partial charge on any atom is -0.465 e. The van der Waals surface area contributed by atoms with Crippen LogP contribution in [0.25, 0.3) is 0 Å². The summed E-state index contributed by atoms with van der Waals surface area (Å²) in [5.74, 6) is 0. The summed E-state index contributed by atoms with van der Waals surface area (Å²) in [6, 6.07) is 0. The molecular weight excluding hydrogens is 146 g/mol. The summed E-state index contributed by atoms with van der Waals surface area (Å²) >= 11 is 0. The third kappa shape index (κ3) is 46.7. The molecule has 11 heavy (non-hydrogen) atoms. The van der Waals surface area contributed by atoms with Gasteiger partial charge in [-0.25, -0.2) is 4.79 Å². The molecule has 68 valence electrons. The quantitative estimate of drug-likeness (QED) is 0.524. The fourth-order valence-electron chi connectivity index (χ4n) is 0.408. The minimum atomic E-state index is -1.33. The molecule has 5 heteroatoms. The maximum absolute atomic E-state index is 8.78. The number of primary amides is 1. The molecule has 0 spiro atoms. The summed E-state index contributed by atoms with van der Waals surface area (Å²) in [4.78, 5) is 10.9. The molecule has 0 heterocycles. The van der Waals surface area contributed by atoms with E-state index in [9.17, 15) is 0 Å². The van der Waals surface area contributed by atoms with Gasteiger partial charge in [-0.1, -0.05) is 0 Å². The van der Waals surface area contributed by atoms with E-state index < -0.39 is 6.09 Å². The van der Waals surface area contributed by atoms with Crippen molar-refractivity contribution in [3.8, 4) is 0 Å². The van der Waals surface area contributed by atoms with Gasteiger partial charge in [0.15, 0.2) is 0 Å². The second kappa shape index (κ2) is 9.19. The summed E-state index contributed by atoms with van der Waals surface area (Å²) in [5.41, 5.74) is 9.28. The number of amides is 1. The predicted octanol–water partition coefficient (Wildman–Crippen LogP) is -0.480. The van der Waals surface area contributed by atoms with Gasteiger partial charge in [0.25, 0.3) is 0 Å². The predicted molar refractivity (Wildman–Crippen MR) is 44.4 cm³/mol. The molecule has 5 N–H and O–H groups in total. The van der Waals surface area contributed by atoms with Gasteiger partial charge in [0, 0.05) is 0 Å². The number of hydrogen-bond donors (Lipinski definition) is 3. The molecule has 0 unspecified atom stereocenters. The highest BCUT2D eigenvalue weighted by atomic mass is 16.4. The molecule has 0 bridgehead atoms. The van der Waals surface area contributed by atoms with Crippen molar-refractivity contribution in [3.63, 3.8) is 0 Å². The molecule has 0 rings (SSSR count). The van der Waals surface area contributed by atoms with Crippen LogP contribution in [-0.4, -0.2) is 43.3 Å². The molecule has 0 fully saturated rings. The lowest BCUT2D eigenvalue weighted by Crippen LogP contribution is -2.16. The number of carboxylic acid groups (broad SMARTS) is 1. The van der Waals surface area contributed by atoms with Gasteiger partial charge in [-0.3, -0.25) is 0 Å². The number of hydrogen-bond acceptors (Lipinski definition) is 3. The Morgan fingerprint density at radius 2 is 1.91 bits per heavy atom. The van der Waals surface area contributed by atoms with Gasteiger partial charge in [-0.15, -0.1) is 0 Å². The Morgan fingerprint density at radius 1 is 1.55 bits per heavy atom. The Hall–Kier alpha value is -0.810. The van der Waals surface area contributed by atoms with Crippen LogP contribution in [-0.2, 0) is 0 Å². The molecule has 5 nitrogen and oxygen atoms in total. The highest BCUT2D eigenvalue weighted by molar-refractivity contribution is 5.61. The lowest BCUT2D eigenvalue weighted by atomic mass is 10.4. The molecule has 0 saturated carbocycles. The van der Waals surface area contributed by atoms with Gasteiger partial charge in [0.2, 0.25) is 0 Å². The van der Waals surface area contributed by atoms with E-state index in [-0.39, 0.29) is 0 Å². The van der Waals surface area contributed by atoms with Crippen molar-refractivity contribution in [1.29, 1.82) is 0 Å². The van der Waals surface area contributed by atoms with Crippen LogP contribution < -0.4 is 11.5 Å². The maximum Gasteiger partial charge on any atom is 0.402 e. The van der Waals surface area contributed by atoms with Crippen LogP contribution in [0.2, 0.25) is 0 Å². The monoisotopic (exact) mass is 163 g/mol. The van der Waals surface area contributed by atoms with E-state index in [1.165, 1.54) is 0 Å². The van der Waals surface area contributed by atoms with Crippen LogP contribution in [0.4, 0.5) is 4.79 Å². The summed E-state index contributed by atoms with van der Waals surface area (Å²) in [5, 5.41) is 7.19. The Morgan fingerprint density at radius 3 is 2.00 bits per heavy atom. The van der Waals surface area contributed by atoms with Crippen LogP contribution in [0, 0.1) is 0 Å². The second-order valence-corrected chi connectivity index (χ2v) is 2.28. The molecule has 0 radical (unpaired) electrons. The zero-order valence-corrected chi connectivity index (χ0v) is 7.08. The summed E-state index contributed by atoms with van der Waals surface area (Å²) in [7, 11) is 4.10. The van der Waals surface area contributed by atoms with E-state index in [1.54, 1.807) is 0 Å². The third-order valence-electron chi connectivity index (χ3n) is 0.809. The summed E-state index contributed by atoms with van der Waals surface area (Å²) in [6.45, 7) is 1.91. The van der Waals surface area contributed by atoms with Crippen LogP contribution in [0.1, 0.15) is 6.42 Å². The number of carbonyl (C=O) groups is 1. The highest BCUT2D eigenvalue weighted by Gasteiger charge is 1.83. The van der Waals surface area contributed by atoms with Crippen LogP contribution in [0.3, 0.4) is 0 Å². The first kappa shape index (κ1) is 12.8. The standard InChI is InChI=1S/C5H14N2.CH3NO2/c1-7(2)5-3-4-6;2-1(3)4/h3-6H2,1-2H3;2H2,(H,3,4). The first-order chi connectivity index (χ1) is 5.00. The van der Waals surface area contributed by atoms with E-state index >= 15 is 0 Å². The molecule has 0 aliphatic carbocycles. The van der Waals surface area contributed by atoms with E-state index in [1.807, 2.05) is 0 Å². The van der Waals surface area contributed by atoms with Crippen molar-refractivity contribution in [2.24, 2.45) is 11.5 Å². The van der Waals surface area contributed by atoms with Crippen molar-refractivity contribution in [2.75, 3.05) is 27.2 Å². The minimum absolute atomic E-state index is 0.804. The molecule has 0 saturated heterocycles. The van der Waals surface area contributed by atoms with Gasteiger partial charge in [0.05, 0.1) is 0 Å². The zero-order chi connectivity index (χ0) is 9.28. The number of nitrogens with two attached hydrogens (primary N) is 2. The second-order valence-electron chi connectivity index (χ2n) is 2.28. The molecular formula is C6H17N3O2. The summed E-state index contributed by atoms with van der Waals surface area (Å²) in [6.07, 6.45) is -0.229. The van der Waals surface area contributed by atoms with Gasteiger partial charge >= 0.3 is 6.09 Å². The maximum atomic E-state index is 8.78. The highest BCUT2D eigenvalue weighted by Crippen LogP contribution is 1.76. The Bertz CT molecular complexity index is 91.8. The zero-order valence-electron chi connectivity index (χ0n) is 7.08. The van der Waals surface area contributed by atoms with E-state index in [2.05, 4.69) is 24.7 Å². The van der Waals surface area contributed by atoms with Crippen molar-refractivity contribution in [2.45, 2.75) is 6.42 Å². The smallest absolute Gasteiger partial charge is 0.402 e. The molecule has 0 aliphatic heterocycles. The average molecular weight is 163 g/mol. The molecule has 0 atom stereocenters. The van der Waals surface area contributed by atoms with Gasteiger partial charge < -0.3 is 21.5 Å². The lowest BCUT2D eigenvalue weighted by Gasteiger charge is -2.05. The number of rotatable bonds is 3. The lowest BCUT2D eigenvalue weighted by molar-refractivity contribution is 0.205. The molecule has 0 aromatic carbocycles. The van der Waals surface area contributed by atoms with Gasteiger partial charge in [-0.2, -0.15) is 0 Å². The van der Waals surface area contributed by atoms with E-state index in [0.29, 0.717) is 0 Å². The summed E-state index contributed by atoms with van der Waals surface area (Å²) < 4.78 is 0. The van der Waals surface area contributed by atoms with Crippen molar-refractivity contribution < 1.29 is 9.90 Å². The normalized spacial score (nSPS) is 8.73. The molecule has 0 aliphatic rings.